The van der Waals surface area contributed by atoms with Gasteiger partial charge in [0.05, 0.1) is 34.6 Å². The second kappa shape index (κ2) is 10.6. The average Bonchev–Trinajstić information content (AvgIpc) is 2.78. The van der Waals surface area contributed by atoms with Crippen LogP contribution in [0.5, 0.6) is 23.0 Å². The molecule has 0 spiro atoms. The predicted octanol–water partition coefficient (Wildman–Crippen LogP) is -0.0426. The smallest absolute Gasteiger partial charge is 0.287 e. The van der Waals surface area contributed by atoms with E-state index in [0.717, 1.165) is 11.3 Å². The van der Waals surface area contributed by atoms with Crippen molar-refractivity contribution in [2.75, 3.05) is 28.4 Å². The number of nitrogens with zero attached hydrogens (tertiary/aromatic N) is 2. The van der Waals surface area contributed by atoms with Crippen molar-refractivity contribution in [2.24, 2.45) is 0 Å². The Hall–Kier alpha value is -3.13. The summed E-state index contributed by atoms with van der Waals surface area (Å²) in [4.78, 5) is 16.9. The molecule has 0 radical (unpaired) electrons. The highest BCUT2D eigenvalue weighted by Gasteiger charge is 2.17. The number of Topliss-reactive ketones (excluding diaryl/α,β-unsaturated/α-hetero) is 1. The number of methoxy groups -OCH3 is 4. The van der Waals surface area contributed by atoms with E-state index in [1.165, 1.54) is 0 Å². The van der Waals surface area contributed by atoms with Crippen molar-refractivity contribution >= 4 is 5.78 Å². The van der Waals surface area contributed by atoms with Gasteiger partial charge in [0.15, 0.2) is 23.7 Å². The van der Waals surface area contributed by atoms with Crippen LogP contribution in [0.2, 0.25) is 0 Å². The molecule has 30 heavy (non-hydrogen) atoms. The van der Waals surface area contributed by atoms with Crippen LogP contribution < -0.4 is 40.5 Å². The fourth-order valence-electron chi connectivity index (χ4n) is 2.91. The summed E-state index contributed by atoms with van der Waals surface area (Å²) >= 11 is 0. The first-order valence-corrected chi connectivity index (χ1v) is 8.92. The Morgan fingerprint density at radius 2 is 1.53 bits per heavy atom. The monoisotopic (exact) mass is 474 g/mol. The summed E-state index contributed by atoms with van der Waals surface area (Å²) in [6, 6.07) is 12.5. The number of ether oxygens (including phenoxy) is 4. The highest BCUT2D eigenvalue weighted by atomic mass is 79.9. The lowest BCUT2D eigenvalue weighted by Gasteiger charge is -2.13. The minimum absolute atomic E-state index is 0. The molecule has 7 nitrogen and oxygen atoms in total. The van der Waals surface area contributed by atoms with Crippen LogP contribution in [-0.4, -0.2) is 39.2 Å². The minimum atomic E-state index is -0.0139. The number of benzene rings is 2. The molecule has 0 atom stereocenters. The summed E-state index contributed by atoms with van der Waals surface area (Å²) in [7, 11) is 6.29. The van der Waals surface area contributed by atoms with Crippen LogP contribution in [0.15, 0.2) is 55.0 Å². The van der Waals surface area contributed by atoms with Gasteiger partial charge in [-0.1, -0.05) is 0 Å². The number of hydrogen-bond donors (Lipinski definition) is 0. The molecular formula is C22H23BrN2O5. The predicted molar refractivity (Wildman–Crippen MR) is 107 cm³/mol. The summed E-state index contributed by atoms with van der Waals surface area (Å²) in [6.45, 7) is 0.189. The van der Waals surface area contributed by atoms with Gasteiger partial charge in [-0.3, -0.25) is 4.79 Å². The minimum Gasteiger partial charge on any atom is -1.00 e. The summed E-state index contributed by atoms with van der Waals surface area (Å²) in [5.74, 6) is 2.32. The Morgan fingerprint density at radius 3 is 2.00 bits per heavy atom. The van der Waals surface area contributed by atoms with Crippen LogP contribution in [0.4, 0.5) is 0 Å². The van der Waals surface area contributed by atoms with E-state index in [4.69, 9.17) is 18.9 Å². The highest BCUT2D eigenvalue weighted by Crippen LogP contribution is 2.40. The van der Waals surface area contributed by atoms with Crippen molar-refractivity contribution in [1.82, 2.24) is 4.98 Å². The number of rotatable bonds is 8. The number of halogens is 1. The van der Waals surface area contributed by atoms with Crippen LogP contribution >= 0.6 is 0 Å². The van der Waals surface area contributed by atoms with E-state index in [-0.39, 0.29) is 29.3 Å². The molecule has 0 aliphatic heterocycles. The van der Waals surface area contributed by atoms with Crippen molar-refractivity contribution < 1.29 is 45.3 Å². The molecule has 2 aromatic carbocycles. The van der Waals surface area contributed by atoms with Crippen LogP contribution in [0, 0.1) is 0 Å². The summed E-state index contributed by atoms with van der Waals surface area (Å²) < 4.78 is 23.0. The Kier molecular flexibility index (Phi) is 8.17. The first-order chi connectivity index (χ1) is 14.1. The lowest BCUT2D eigenvalue weighted by molar-refractivity contribution is -0.686. The highest BCUT2D eigenvalue weighted by molar-refractivity contribution is 5.95. The number of ketones is 1. The summed E-state index contributed by atoms with van der Waals surface area (Å²) in [5, 5.41) is 0. The standard InChI is InChI=1S/C22H23N2O5.BrH/c1-26-17-7-5-15(6-8-17)19(25)13-24-10-9-18(23-14-24)16-11-20(27-2)22(29-4)21(12-16)28-3;/h5-12,14H,13H2,1-4H3;1H/q+1;/p-1. The number of aromatic nitrogens is 2. The van der Waals surface area contributed by atoms with Crippen molar-refractivity contribution in [3.63, 3.8) is 0 Å². The molecule has 0 amide bonds. The zero-order chi connectivity index (χ0) is 20.8. The summed E-state index contributed by atoms with van der Waals surface area (Å²) in [5.41, 5.74) is 2.15. The molecule has 0 aliphatic rings. The quantitative estimate of drug-likeness (QED) is 0.337. The van der Waals surface area contributed by atoms with Crippen LogP contribution in [0.25, 0.3) is 11.3 Å². The van der Waals surface area contributed by atoms with E-state index < -0.39 is 0 Å². The summed E-state index contributed by atoms with van der Waals surface area (Å²) in [6.07, 6.45) is 3.44. The molecule has 1 heterocycles. The van der Waals surface area contributed by atoms with E-state index in [1.54, 1.807) is 63.6 Å². The van der Waals surface area contributed by atoms with Gasteiger partial charge < -0.3 is 35.9 Å². The van der Waals surface area contributed by atoms with Crippen LogP contribution in [-0.2, 0) is 6.54 Å². The Morgan fingerprint density at radius 1 is 0.900 bits per heavy atom. The molecule has 1 aromatic heterocycles. The maximum absolute atomic E-state index is 12.5. The second-order valence-electron chi connectivity index (χ2n) is 6.18. The molecule has 0 saturated heterocycles. The molecule has 0 fully saturated rings. The van der Waals surface area contributed by atoms with Crippen molar-refractivity contribution in [1.29, 1.82) is 0 Å². The third-order valence-corrected chi connectivity index (χ3v) is 4.47. The molecule has 0 saturated carbocycles. The average molecular weight is 475 g/mol. The van der Waals surface area contributed by atoms with Gasteiger partial charge in [0.1, 0.15) is 5.75 Å². The Labute approximate surface area is 186 Å². The fourth-order valence-corrected chi connectivity index (χ4v) is 2.91. The van der Waals surface area contributed by atoms with Gasteiger partial charge >= 0.3 is 0 Å². The lowest BCUT2D eigenvalue weighted by Crippen LogP contribution is -3.00. The van der Waals surface area contributed by atoms with Crippen LogP contribution in [0.1, 0.15) is 10.4 Å². The third kappa shape index (κ3) is 5.07. The topological polar surface area (TPSA) is 70.8 Å². The Bertz CT molecular complexity index is 966. The molecule has 3 rings (SSSR count). The maximum atomic E-state index is 12.5. The van der Waals surface area contributed by atoms with E-state index >= 15 is 0 Å². The molecule has 8 heteroatoms. The second-order valence-corrected chi connectivity index (χ2v) is 6.18. The largest absolute Gasteiger partial charge is 1.00 e. The molecule has 0 bridgehead atoms. The molecule has 0 aliphatic carbocycles. The molecular weight excluding hydrogens is 452 g/mol. The van der Waals surface area contributed by atoms with Gasteiger partial charge in [-0.2, -0.15) is 0 Å². The zero-order valence-electron chi connectivity index (χ0n) is 17.2. The number of hydrogen-bond acceptors (Lipinski definition) is 6. The van der Waals surface area contributed by atoms with Gasteiger partial charge in [-0.15, -0.1) is 0 Å². The van der Waals surface area contributed by atoms with Gasteiger partial charge in [0, 0.05) is 17.2 Å². The van der Waals surface area contributed by atoms with E-state index in [1.807, 2.05) is 24.4 Å². The van der Waals surface area contributed by atoms with Gasteiger partial charge in [0.25, 0.3) is 6.33 Å². The first kappa shape index (κ1) is 23.2. The van der Waals surface area contributed by atoms with E-state index in [0.29, 0.717) is 28.6 Å². The maximum Gasteiger partial charge on any atom is 0.287 e. The third-order valence-electron chi connectivity index (χ3n) is 4.47. The SMILES string of the molecule is COc1ccc(C(=O)C[n+]2ccc(-c3cc(OC)c(OC)c(OC)c3)nc2)cc1.[Br-]. The fraction of sp³-hybridized carbons (Fsp3) is 0.227. The zero-order valence-corrected chi connectivity index (χ0v) is 18.8. The molecule has 0 unspecified atom stereocenters. The normalized spacial score (nSPS) is 10.0. The van der Waals surface area contributed by atoms with Crippen LogP contribution in [0.3, 0.4) is 0 Å². The Balaban J connectivity index is 0.00000320. The van der Waals surface area contributed by atoms with Gasteiger partial charge in [-0.25, -0.2) is 4.57 Å². The van der Waals surface area contributed by atoms with Gasteiger partial charge in [-0.05, 0) is 41.4 Å². The first-order valence-electron chi connectivity index (χ1n) is 8.92. The molecule has 158 valence electrons. The molecule has 3 aromatic rings. The lowest BCUT2D eigenvalue weighted by atomic mass is 10.1. The van der Waals surface area contributed by atoms with Crippen molar-refractivity contribution in [3.05, 3.63) is 60.6 Å². The van der Waals surface area contributed by atoms with E-state index in [9.17, 15) is 4.79 Å². The molecule has 0 N–H and O–H groups in total. The number of carbonyl (C=O) groups excluding carboxylic acids is 1. The number of carbonyl (C=O) groups is 1. The van der Waals surface area contributed by atoms with Crippen molar-refractivity contribution in [2.45, 2.75) is 6.54 Å². The van der Waals surface area contributed by atoms with Crippen molar-refractivity contribution in [3.8, 4) is 34.3 Å². The van der Waals surface area contributed by atoms with E-state index in [2.05, 4.69) is 4.98 Å². The van der Waals surface area contributed by atoms with Gasteiger partial charge in [0.2, 0.25) is 11.5 Å².